The van der Waals surface area contributed by atoms with Gasteiger partial charge >= 0.3 is 51.4 Å². The van der Waals surface area contributed by atoms with Gasteiger partial charge in [0.05, 0.1) is 10.9 Å². The van der Waals surface area contributed by atoms with Crippen molar-refractivity contribution in [3.8, 4) is 0 Å². The van der Waals surface area contributed by atoms with E-state index in [0.717, 1.165) is 12.3 Å². The van der Waals surface area contributed by atoms with E-state index in [1.165, 1.54) is 6.07 Å². The van der Waals surface area contributed by atoms with E-state index >= 15 is 0 Å². The number of halogens is 1. The van der Waals surface area contributed by atoms with E-state index in [1.54, 1.807) is 0 Å². The molecule has 1 heterocycles. The van der Waals surface area contributed by atoms with Crippen molar-refractivity contribution in [2.24, 2.45) is 0 Å². The summed E-state index contributed by atoms with van der Waals surface area (Å²) in [4.78, 5) is 22.8. The summed E-state index contributed by atoms with van der Waals surface area (Å²) in [5.74, 6) is -2.05. The van der Waals surface area contributed by atoms with Crippen molar-refractivity contribution in [1.82, 2.24) is 4.98 Å². The Labute approximate surface area is 126 Å². The fraction of sp³-hybridized carbons (Fsp3) is 0.143. The summed E-state index contributed by atoms with van der Waals surface area (Å²) in [7, 11) is 0. The topological polar surface area (TPSA) is 96.2 Å². The van der Waals surface area contributed by atoms with Crippen LogP contribution in [-0.2, 0) is 4.79 Å². The zero-order chi connectivity index (χ0) is 10.7. The van der Waals surface area contributed by atoms with Crippen LogP contribution in [0.5, 0.6) is 0 Å². The van der Waals surface area contributed by atoms with Crippen LogP contribution in [0.4, 0.5) is 10.1 Å². The number of carboxylic acid groups (broad SMARTS) is 1. The monoisotopic (exact) mass is 238 g/mol. The minimum absolute atomic E-state index is 0. The Bertz CT molecular complexity index is 387. The van der Waals surface area contributed by atoms with Crippen LogP contribution in [0.15, 0.2) is 18.3 Å². The fourth-order valence-electron chi connectivity index (χ4n) is 0.870. The average molecular weight is 238 g/mol. The van der Waals surface area contributed by atoms with Crippen molar-refractivity contribution in [1.29, 1.82) is 0 Å². The van der Waals surface area contributed by atoms with Gasteiger partial charge in [0.2, 0.25) is 0 Å². The van der Waals surface area contributed by atoms with Crippen LogP contribution in [0.2, 0.25) is 0 Å². The molecule has 0 spiro atoms. The summed E-state index contributed by atoms with van der Waals surface area (Å²) in [6.45, 7) is 0. The summed E-state index contributed by atoms with van der Waals surface area (Å²) in [5, 5.41) is 20.5. The Kier molecular flexibility index (Phi) is 6.06. The van der Waals surface area contributed by atoms with E-state index < -0.39 is 28.4 Å². The molecule has 0 bridgehead atoms. The van der Waals surface area contributed by atoms with Gasteiger partial charge < -0.3 is 9.90 Å². The molecule has 0 fully saturated rings. The summed E-state index contributed by atoms with van der Waals surface area (Å²) < 4.78 is 12.8. The Morgan fingerprint density at radius 1 is 1.60 bits per heavy atom. The van der Waals surface area contributed by atoms with Crippen LogP contribution in [0.1, 0.15) is 11.9 Å². The number of hydrogen-bond acceptors (Lipinski definition) is 5. The zero-order valence-electron chi connectivity index (χ0n) is 7.71. The molecule has 74 valence electrons. The molecule has 8 heteroatoms. The SMILES string of the molecule is O=C([O-])C(F)c1ncccc1[N+](=O)[O-].[K+]. The van der Waals surface area contributed by atoms with Crippen molar-refractivity contribution in [2.75, 3.05) is 0 Å². The predicted octanol–water partition coefficient (Wildman–Crippen LogP) is -3.25. The molecule has 1 unspecified atom stereocenters. The van der Waals surface area contributed by atoms with Gasteiger partial charge in [-0.3, -0.25) is 15.1 Å². The Morgan fingerprint density at radius 3 is 2.67 bits per heavy atom. The quantitative estimate of drug-likeness (QED) is 0.313. The van der Waals surface area contributed by atoms with Gasteiger partial charge in [-0.2, -0.15) is 0 Å². The van der Waals surface area contributed by atoms with Crippen LogP contribution in [0.3, 0.4) is 0 Å². The van der Waals surface area contributed by atoms with E-state index in [9.17, 15) is 24.4 Å². The van der Waals surface area contributed by atoms with Crippen molar-refractivity contribution in [2.45, 2.75) is 6.17 Å². The molecule has 1 aromatic rings. The second-order valence-corrected chi connectivity index (χ2v) is 2.35. The van der Waals surface area contributed by atoms with Gasteiger partial charge in [0.15, 0.2) is 11.9 Å². The maximum Gasteiger partial charge on any atom is 1.00 e. The third kappa shape index (κ3) is 3.58. The number of carbonyl (C=O) groups excluding carboxylic acids is 1. The summed E-state index contributed by atoms with van der Waals surface area (Å²) >= 11 is 0. The molecule has 0 aromatic carbocycles. The fourth-order valence-corrected chi connectivity index (χ4v) is 0.870. The van der Waals surface area contributed by atoms with Crippen LogP contribution in [0, 0.1) is 10.1 Å². The van der Waals surface area contributed by atoms with Gasteiger partial charge in [-0.05, 0) is 6.07 Å². The van der Waals surface area contributed by atoms with Gasteiger partial charge in [0.1, 0.15) is 0 Å². The molecule has 0 radical (unpaired) electrons. The molecule has 0 aliphatic carbocycles. The number of carboxylic acids is 1. The third-order valence-corrected chi connectivity index (χ3v) is 1.46. The van der Waals surface area contributed by atoms with Gasteiger partial charge in [0, 0.05) is 12.3 Å². The number of rotatable bonds is 3. The summed E-state index contributed by atoms with van der Waals surface area (Å²) in [5.41, 5.74) is -1.43. The predicted molar refractivity (Wildman–Crippen MR) is 39.7 cm³/mol. The molecule has 1 aromatic heterocycles. The van der Waals surface area contributed by atoms with E-state index in [1.807, 2.05) is 0 Å². The molecule has 0 aliphatic heterocycles. The van der Waals surface area contributed by atoms with E-state index in [2.05, 4.69) is 4.98 Å². The van der Waals surface area contributed by atoms with Crippen LogP contribution in [-0.4, -0.2) is 15.9 Å². The molecule has 0 saturated carbocycles. The van der Waals surface area contributed by atoms with Crippen LogP contribution in [0.25, 0.3) is 0 Å². The molecular formula is C7H4FKN2O4. The van der Waals surface area contributed by atoms with Gasteiger partial charge in [-0.1, -0.05) is 0 Å². The summed E-state index contributed by atoms with van der Waals surface area (Å²) in [6, 6.07) is 2.18. The molecule has 0 N–H and O–H groups in total. The number of carbonyl (C=O) groups is 1. The maximum absolute atomic E-state index is 12.8. The molecular weight excluding hydrogens is 234 g/mol. The molecule has 15 heavy (non-hydrogen) atoms. The van der Waals surface area contributed by atoms with Crippen molar-refractivity contribution >= 4 is 11.7 Å². The molecule has 1 rings (SSSR count). The first-order valence-electron chi connectivity index (χ1n) is 3.48. The number of nitro groups is 1. The number of hydrogen-bond donors (Lipinski definition) is 0. The van der Waals surface area contributed by atoms with Gasteiger partial charge in [0.25, 0.3) is 5.69 Å². The molecule has 0 amide bonds. The third-order valence-electron chi connectivity index (χ3n) is 1.46. The number of nitrogens with zero attached hydrogens (tertiary/aromatic N) is 2. The smallest absolute Gasteiger partial charge is 0.547 e. The number of aliphatic carboxylic acids is 1. The largest absolute Gasteiger partial charge is 1.00 e. The van der Waals surface area contributed by atoms with E-state index in [4.69, 9.17) is 0 Å². The molecule has 6 nitrogen and oxygen atoms in total. The Hall–Kier alpha value is -0.414. The minimum atomic E-state index is -2.59. The second kappa shape index (κ2) is 6.23. The minimum Gasteiger partial charge on any atom is -0.547 e. The molecule has 0 aliphatic rings. The summed E-state index contributed by atoms with van der Waals surface area (Å²) in [6.07, 6.45) is -1.52. The Morgan fingerprint density at radius 2 is 2.20 bits per heavy atom. The van der Waals surface area contributed by atoms with Crippen molar-refractivity contribution in [3.05, 3.63) is 34.1 Å². The second-order valence-electron chi connectivity index (χ2n) is 2.35. The first kappa shape index (κ1) is 14.6. The van der Waals surface area contributed by atoms with E-state index in [-0.39, 0.29) is 51.4 Å². The van der Waals surface area contributed by atoms with Crippen LogP contribution < -0.4 is 56.5 Å². The van der Waals surface area contributed by atoms with Gasteiger partial charge in [-0.25, -0.2) is 4.39 Å². The maximum atomic E-state index is 12.8. The number of pyridine rings is 1. The van der Waals surface area contributed by atoms with Gasteiger partial charge in [-0.15, -0.1) is 0 Å². The van der Waals surface area contributed by atoms with E-state index in [0.29, 0.717) is 0 Å². The standard InChI is InChI=1S/C7H5FN2O4.K/c8-5(7(11)12)6-4(10(13)14)2-1-3-9-6;/h1-3,5H,(H,11,12);/q;+1/p-1. The molecule has 0 saturated heterocycles. The Balaban J connectivity index is 0.00000196. The number of alkyl halides is 1. The van der Waals surface area contributed by atoms with Crippen molar-refractivity contribution in [3.63, 3.8) is 0 Å². The first-order chi connectivity index (χ1) is 6.54. The average Bonchev–Trinajstić information content (AvgIpc) is 2.16. The number of aromatic nitrogens is 1. The normalized spacial score (nSPS) is 11.3. The van der Waals surface area contributed by atoms with Crippen LogP contribution >= 0.6 is 0 Å². The zero-order valence-corrected chi connectivity index (χ0v) is 10.8. The van der Waals surface area contributed by atoms with Crippen molar-refractivity contribution < 1.29 is 70.6 Å². The molecule has 1 atom stereocenters. The first-order valence-corrected chi connectivity index (χ1v) is 3.48.